The molecule has 1 aromatic heterocycles. The van der Waals surface area contributed by atoms with Gasteiger partial charge in [-0.15, -0.1) is 0 Å². The quantitative estimate of drug-likeness (QED) is 0.0983. The number of fused-ring (bicyclic) bond motifs is 7. The maximum Gasteiger partial charge on any atom is 0.136 e. The Labute approximate surface area is 454 Å². The largest absolute Gasteiger partial charge is 0.456 e. The van der Waals surface area contributed by atoms with E-state index in [4.69, 9.17) is 4.42 Å². The van der Waals surface area contributed by atoms with Crippen LogP contribution in [0, 0.1) is 0 Å². The Morgan fingerprint density at radius 2 is 0.756 bits per heavy atom. The SMILES string of the molecule is C=C(/C=C(\C=C(/C)c1ccccc1)c1c2ccccc2c(-c2cccc3oc4ccc(-c5c6ccccc6c(-c6cc(-c7ccccc7)cc(-c7ccccc7)c6)c6ccccc56)cc4c23)c2ccccc12)c1ccccc1. The third kappa shape index (κ3) is 8.12. The monoisotopic (exact) mass is 992 g/mol. The fourth-order valence-corrected chi connectivity index (χ4v) is 12.2. The fourth-order valence-electron chi connectivity index (χ4n) is 12.2. The Kier molecular flexibility index (Phi) is 11.7. The molecular weight excluding hydrogens is 941 g/mol. The van der Waals surface area contributed by atoms with E-state index in [1.54, 1.807) is 0 Å². The summed E-state index contributed by atoms with van der Waals surface area (Å²) in [6.07, 6.45) is 4.61. The Bertz CT molecular complexity index is 4540. The van der Waals surface area contributed by atoms with Gasteiger partial charge in [-0.3, -0.25) is 0 Å². The zero-order chi connectivity index (χ0) is 52.1. The van der Waals surface area contributed by atoms with Crippen LogP contribution in [0.1, 0.15) is 23.6 Å². The van der Waals surface area contributed by atoms with E-state index >= 15 is 0 Å². The van der Waals surface area contributed by atoms with E-state index in [2.05, 4.69) is 299 Å². The number of hydrogen-bond acceptors (Lipinski definition) is 1. The summed E-state index contributed by atoms with van der Waals surface area (Å²) < 4.78 is 6.88. The molecule has 13 aromatic carbocycles. The molecule has 14 rings (SSSR count). The van der Waals surface area contributed by atoms with Crippen LogP contribution in [0.3, 0.4) is 0 Å². The van der Waals surface area contributed by atoms with Gasteiger partial charge in [0.05, 0.1) is 0 Å². The topological polar surface area (TPSA) is 13.1 Å². The van der Waals surface area contributed by atoms with E-state index in [1.165, 1.54) is 104 Å². The van der Waals surface area contributed by atoms with Crippen molar-refractivity contribution in [3.05, 3.63) is 308 Å². The van der Waals surface area contributed by atoms with Crippen LogP contribution in [0.25, 0.3) is 137 Å². The molecule has 1 heterocycles. The molecule has 0 fully saturated rings. The van der Waals surface area contributed by atoms with Crippen LogP contribution in [0.4, 0.5) is 0 Å². The predicted molar refractivity (Wildman–Crippen MR) is 334 cm³/mol. The number of rotatable bonds is 10. The van der Waals surface area contributed by atoms with Crippen LogP contribution in [0.15, 0.2) is 296 Å². The molecule has 78 heavy (non-hydrogen) atoms. The lowest BCUT2D eigenvalue weighted by molar-refractivity contribution is 0.669. The second-order valence-corrected chi connectivity index (χ2v) is 20.4. The minimum absolute atomic E-state index is 0.856. The molecule has 0 aliphatic heterocycles. The summed E-state index contributed by atoms with van der Waals surface area (Å²) in [7, 11) is 0. The molecular formula is C77H52O. The maximum absolute atomic E-state index is 6.88. The Morgan fingerprint density at radius 1 is 0.321 bits per heavy atom. The zero-order valence-electron chi connectivity index (χ0n) is 43.3. The number of furan rings is 1. The van der Waals surface area contributed by atoms with Crippen LogP contribution in [0.2, 0.25) is 0 Å². The van der Waals surface area contributed by atoms with Crippen molar-refractivity contribution >= 4 is 81.7 Å². The van der Waals surface area contributed by atoms with E-state index in [1.807, 2.05) is 0 Å². The number of benzene rings is 13. The molecule has 0 bridgehead atoms. The zero-order valence-corrected chi connectivity index (χ0v) is 43.3. The van der Waals surface area contributed by atoms with Crippen LogP contribution in [-0.2, 0) is 0 Å². The molecule has 0 atom stereocenters. The Balaban J connectivity index is 0.991. The van der Waals surface area contributed by atoms with Crippen molar-refractivity contribution in [1.29, 1.82) is 0 Å². The second kappa shape index (κ2) is 19.6. The van der Waals surface area contributed by atoms with Crippen molar-refractivity contribution in [2.24, 2.45) is 0 Å². The van der Waals surface area contributed by atoms with Crippen molar-refractivity contribution in [1.82, 2.24) is 0 Å². The van der Waals surface area contributed by atoms with Gasteiger partial charge in [0.15, 0.2) is 0 Å². The maximum atomic E-state index is 6.88. The molecule has 1 heteroatoms. The minimum atomic E-state index is 0.856. The molecule has 0 saturated heterocycles. The van der Waals surface area contributed by atoms with E-state index < -0.39 is 0 Å². The molecule has 0 aliphatic carbocycles. The van der Waals surface area contributed by atoms with Crippen LogP contribution in [0.5, 0.6) is 0 Å². The van der Waals surface area contributed by atoms with Gasteiger partial charge in [-0.1, -0.05) is 249 Å². The van der Waals surface area contributed by atoms with Gasteiger partial charge in [0.25, 0.3) is 0 Å². The standard InChI is InChI=1S/C77H52O/c1-50(52-24-7-3-8-25-52)44-59(45-51(2)53-26-9-4-10-27-53)74-65-36-19-21-38-67(65)76(68-39-22-20-37-66(68)74)69-40-23-41-72-77(69)70-49-56(42-43-71(70)78-72)73-61-32-15-17-34-63(61)75(64-35-18-16-33-62(64)73)60-47-57(54-28-11-5-12-29-54)46-58(48-60)55-30-13-6-14-31-55/h3-49H,1H2,2H3/b51-45+,59-44+. The highest BCUT2D eigenvalue weighted by Gasteiger charge is 2.23. The predicted octanol–water partition coefficient (Wildman–Crippen LogP) is 21.7. The molecule has 366 valence electrons. The summed E-state index contributed by atoms with van der Waals surface area (Å²) in [5, 5.41) is 11.7. The van der Waals surface area contributed by atoms with Crippen LogP contribution < -0.4 is 0 Å². The first-order valence-corrected chi connectivity index (χ1v) is 26.8. The van der Waals surface area contributed by atoms with Gasteiger partial charge >= 0.3 is 0 Å². The van der Waals surface area contributed by atoms with Crippen molar-refractivity contribution in [2.75, 3.05) is 0 Å². The minimum Gasteiger partial charge on any atom is -0.456 e. The fraction of sp³-hybridized carbons (Fsp3) is 0.0130. The summed E-state index contributed by atoms with van der Waals surface area (Å²) in [5.74, 6) is 0. The lowest BCUT2D eigenvalue weighted by atomic mass is 9.83. The van der Waals surface area contributed by atoms with Gasteiger partial charge in [0.1, 0.15) is 11.2 Å². The third-order valence-electron chi connectivity index (χ3n) is 15.7. The van der Waals surface area contributed by atoms with E-state index in [9.17, 15) is 0 Å². The van der Waals surface area contributed by atoms with Crippen molar-refractivity contribution in [3.63, 3.8) is 0 Å². The summed E-state index contributed by atoms with van der Waals surface area (Å²) in [5.41, 5.74) is 20.2. The van der Waals surface area contributed by atoms with Crippen molar-refractivity contribution in [2.45, 2.75) is 6.92 Å². The van der Waals surface area contributed by atoms with Gasteiger partial charge in [0, 0.05) is 10.8 Å². The van der Waals surface area contributed by atoms with Gasteiger partial charge in [-0.2, -0.15) is 0 Å². The van der Waals surface area contributed by atoms with Crippen LogP contribution in [-0.4, -0.2) is 0 Å². The highest BCUT2D eigenvalue weighted by molar-refractivity contribution is 6.26. The van der Waals surface area contributed by atoms with Gasteiger partial charge in [-0.25, -0.2) is 0 Å². The highest BCUT2D eigenvalue weighted by atomic mass is 16.3. The Hall–Kier alpha value is -10.1. The molecule has 0 spiro atoms. The molecule has 14 aromatic rings. The summed E-state index contributed by atoms with van der Waals surface area (Å²) in [4.78, 5) is 0. The highest BCUT2D eigenvalue weighted by Crippen LogP contribution is 2.49. The van der Waals surface area contributed by atoms with E-state index in [-0.39, 0.29) is 0 Å². The first-order chi connectivity index (χ1) is 38.5. The lowest BCUT2D eigenvalue weighted by Crippen LogP contribution is -1.94. The molecule has 0 aliphatic rings. The lowest BCUT2D eigenvalue weighted by Gasteiger charge is -2.20. The Morgan fingerprint density at radius 3 is 1.28 bits per heavy atom. The van der Waals surface area contributed by atoms with Gasteiger partial charge < -0.3 is 4.42 Å². The average molecular weight is 993 g/mol. The molecule has 0 unspecified atom stereocenters. The van der Waals surface area contributed by atoms with E-state index in [0.29, 0.717) is 0 Å². The number of allylic oxidation sites excluding steroid dienone is 5. The first-order valence-electron chi connectivity index (χ1n) is 26.8. The molecule has 0 radical (unpaired) electrons. The molecule has 1 nitrogen and oxygen atoms in total. The van der Waals surface area contributed by atoms with Crippen molar-refractivity contribution in [3.8, 4) is 55.6 Å². The summed E-state index contributed by atoms with van der Waals surface area (Å²) >= 11 is 0. The molecule has 0 amide bonds. The smallest absolute Gasteiger partial charge is 0.136 e. The normalized spacial score (nSPS) is 12.1. The second-order valence-electron chi connectivity index (χ2n) is 20.4. The van der Waals surface area contributed by atoms with Crippen molar-refractivity contribution < 1.29 is 4.42 Å². The van der Waals surface area contributed by atoms with Gasteiger partial charge in [0.2, 0.25) is 0 Å². The molecule has 0 saturated carbocycles. The van der Waals surface area contributed by atoms with Gasteiger partial charge in [-0.05, 0) is 182 Å². The molecule has 0 N–H and O–H groups in total. The summed E-state index contributed by atoms with van der Waals surface area (Å²) in [6, 6.07) is 98.9. The number of hydrogen-bond donors (Lipinski definition) is 0. The average Bonchev–Trinajstić information content (AvgIpc) is 4.05. The van der Waals surface area contributed by atoms with E-state index in [0.717, 1.165) is 49.8 Å². The van der Waals surface area contributed by atoms with Crippen LogP contribution >= 0.6 is 0 Å². The third-order valence-corrected chi connectivity index (χ3v) is 15.7. The first kappa shape index (κ1) is 46.5. The summed E-state index contributed by atoms with van der Waals surface area (Å²) in [6.45, 7) is 6.85.